The van der Waals surface area contributed by atoms with Gasteiger partial charge in [-0.05, 0) is 35.8 Å². The van der Waals surface area contributed by atoms with Crippen molar-refractivity contribution in [2.45, 2.75) is 19.9 Å². The minimum atomic E-state index is 0.217. The number of hydrogen-bond donors (Lipinski definition) is 1. The van der Waals surface area contributed by atoms with Gasteiger partial charge in [-0.3, -0.25) is 0 Å². The fourth-order valence-electron chi connectivity index (χ4n) is 2.47. The van der Waals surface area contributed by atoms with E-state index in [-0.39, 0.29) is 5.95 Å². The fourth-order valence-corrected chi connectivity index (χ4v) is 2.80. The number of nitrogen functional groups attached to an aromatic ring is 1. The Bertz CT molecular complexity index is 843. The molecule has 0 unspecified atom stereocenters. The van der Waals surface area contributed by atoms with Crippen LogP contribution in [0.5, 0.6) is 5.75 Å². The summed E-state index contributed by atoms with van der Waals surface area (Å²) in [4.78, 5) is 12.7. The van der Waals surface area contributed by atoms with Crippen LogP contribution in [0, 0.1) is 0 Å². The molecule has 3 rings (SSSR count). The van der Waals surface area contributed by atoms with Gasteiger partial charge in [0.15, 0.2) is 5.75 Å². The molecular formula is C15H16BrN5O. The highest BCUT2D eigenvalue weighted by molar-refractivity contribution is 9.10. The predicted octanol–water partition coefficient (Wildman–Crippen LogP) is 3.43. The summed E-state index contributed by atoms with van der Waals surface area (Å²) in [6.07, 6.45) is 5.49. The first-order valence-corrected chi connectivity index (χ1v) is 7.63. The smallest absolute Gasteiger partial charge is 0.220 e. The van der Waals surface area contributed by atoms with Crippen molar-refractivity contribution >= 4 is 32.8 Å². The lowest BCUT2D eigenvalue weighted by Gasteiger charge is -2.08. The van der Waals surface area contributed by atoms with Crippen LogP contribution in [-0.2, 0) is 0 Å². The molecular weight excluding hydrogens is 346 g/mol. The summed E-state index contributed by atoms with van der Waals surface area (Å²) in [5.41, 5.74) is 8.41. The number of nitrogens with two attached hydrogens (primary N) is 1. The Labute approximate surface area is 136 Å². The SMILES string of the molecule is COc1cnc(N)nc1-c1cn(C(C)C)c2cnc(Br)cc12. The zero-order chi connectivity index (χ0) is 15.9. The minimum absolute atomic E-state index is 0.217. The van der Waals surface area contributed by atoms with Crippen molar-refractivity contribution in [3.8, 4) is 17.0 Å². The summed E-state index contributed by atoms with van der Waals surface area (Å²) in [5.74, 6) is 0.805. The van der Waals surface area contributed by atoms with Gasteiger partial charge in [0, 0.05) is 23.2 Å². The first-order valence-electron chi connectivity index (χ1n) is 6.84. The standard InChI is InChI=1S/C15H16BrN5O/c1-8(2)21-7-10(9-4-13(16)18-5-11(9)21)14-12(22-3)6-19-15(17)20-14/h4-8H,1-3H3,(H2,17,19,20). The second kappa shape index (κ2) is 5.57. The van der Waals surface area contributed by atoms with Crippen LogP contribution < -0.4 is 10.5 Å². The van der Waals surface area contributed by atoms with Crippen molar-refractivity contribution < 1.29 is 4.74 Å². The Hall–Kier alpha value is -2.15. The number of hydrogen-bond acceptors (Lipinski definition) is 5. The van der Waals surface area contributed by atoms with E-state index in [1.165, 1.54) is 0 Å². The number of pyridine rings is 1. The maximum atomic E-state index is 5.75. The highest BCUT2D eigenvalue weighted by Crippen LogP contribution is 2.36. The lowest BCUT2D eigenvalue weighted by Crippen LogP contribution is -1.99. The molecule has 0 aliphatic rings. The summed E-state index contributed by atoms with van der Waals surface area (Å²) in [7, 11) is 1.59. The van der Waals surface area contributed by atoms with Gasteiger partial charge in [-0.15, -0.1) is 0 Å². The zero-order valence-electron chi connectivity index (χ0n) is 12.5. The van der Waals surface area contributed by atoms with Crippen molar-refractivity contribution in [2.24, 2.45) is 0 Å². The van der Waals surface area contributed by atoms with Crippen LogP contribution in [0.25, 0.3) is 22.2 Å². The van der Waals surface area contributed by atoms with Crippen molar-refractivity contribution in [1.82, 2.24) is 19.5 Å². The van der Waals surface area contributed by atoms with E-state index >= 15 is 0 Å². The van der Waals surface area contributed by atoms with Crippen LogP contribution in [0.2, 0.25) is 0 Å². The highest BCUT2D eigenvalue weighted by Gasteiger charge is 2.18. The molecule has 0 atom stereocenters. The van der Waals surface area contributed by atoms with Crippen molar-refractivity contribution in [2.75, 3.05) is 12.8 Å². The summed E-state index contributed by atoms with van der Waals surface area (Å²) < 4.78 is 8.31. The van der Waals surface area contributed by atoms with Crippen LogP contribution in [0.15, 0.2) is 29.3 Å². The number of methoxy groups -OCH3 is 1. The van der Waals surface area contributed by atoms with E-state index in [0.717, 1.165) is 21.1 Å². The molecule has 114 valence electrons. The van der Waals surface area contributed by atoms with E-state index in [2.05, 4.69) is 49.3 Å². The number of rotatable bonds is 3. The average molecular weight is 362 g/mol. The molecule has 2 N–H and O–H groups in total. The van der Waals surface area contributed by atoms with Crippen LogP contribution in [0.1, 0.15) is 19.9 Å². The Kier molecular flexibility index (Phi) is 3.74. The third kappa shape index (κ3) is 2.41. The minimum Gasteiger partial charge on any atom is -0.493 e. The largest absolute Gasteiger partial charge is 0.493 e. The van der Waals surface area contributed by atoms with Crippen molar-refractivity contribution in [3.63, 3.8) is 0 Å². The van der Waals surface area contributed by atoms with Gasteiger partial charge in [0.05, 0.1) is 25.0 Å². The number of aromatic nitrogens is 4. The van der Waals surface area contributed by atoms with Crippen molar-refractivity contribution in [1.29, 1.82) is 0 Å². The van der Waals surface area contributed by atoms with Gasteiger partial charge >= 0.3 is 0 Å². The van der Waals surface area contributed by atoms with Gasteiger partial charge < -0.3 is 15.0 Å². The van der Waals surface area contributed by atoms with Crippen molar-refractivity contribution in [3.05, 3.63) is 29.3 Å². The van der Waals surface area contributed by atoms with E-state index in [1.54, 1.807) is 13.3 Å². The number of halogens is 1. The molecule has 22 heavy (non-hydrogen) atoms. The van der Waals surface area contributed by atoms with Crippen LogP contribution in [-0.4, -0.2) is 26.6 Å². The average Bonchev–Trinajstić information content (AvgIpc) is 2.85. The number of ether oxygens (including phenoxy) is 1. The molecule has 0 saturated carbocycles. The Morgan fingerprint density at radius 1 is 1.27 bits per heavy atom. The lowest BCUT2D eigenvalue weighted by molar-refractivity contribution is 0.413. The third-order valence-corrected chi connectivity index (χ3v) is 3.92. The molecule has 0 bridgehead atoms. The topological polar surface area (TPSA) is 78.9 Å². The molecule has 0 aliphatic carbocycles. The maximum absolute atomic E-state index is 5.75. The first-order chi connectivity index (χ1) is 10.5. The normalized spacial score (nSPS) is 11.3. The monoisotopic (exact) mass is 361 g/mol. The molecule has 3 aromatic heterocycles. The van der Waals surface area contributed by atoms with E-state index < -0.39 is 0 Å². The summed E-state index contributed by atoms with van der Waals surface area (Å²) in [6.45, 7) is 4.24. The molecule has 7 heteroatoms. The predicted molar refractivity (Wildman–Crippen MR) is 89.8 cm³/mol. The Morgan fingerprint density at radius 3 is 2.73 bits per heavy atom. The van der Waals surface area contributed by atoms with Gasteiger partial charge in [0.2, 0.25) is 5.95 Å². The molecule has 0 fully saturated rings. The molecule has 3 aromatic rings. The van der Waals surface area contributed by atoms with Gasteiger partial charge in [0.25, 0.3) is 0 Å². The van der Waals surface area contributed by atoms with E-state index in [1.807, 2.05) is 18.5 Å². The molecule has 0 aliphatic heterocycles. The van der Waals surface area contributed by atoms with Crippen LogP contribution in [0.3, 0.4) is 0 Å². The molecule has 0 saturated heterocycles. The maximum Gasteiger partial charge on any atom is 0.220 e. The highest BCUT2D eigenvalue weighted by atomic mass is 79.9. The van der Waals surface area contributed by atoms with Crippen LogP contribution >= 0.6 is 15.9 Å². The summed E-state index contributed by atoms with van der Waals surface area (Å²) in [6, 6.07) is 2.27. The Balaban J connectivity index is 2.36. The molecule has 0 spiro atoms. The van der Waals surface area contributed by atoms with Gasteiger partial charge in [-0.25, -0.2) is 15.0 Å². The van der Waals surface area contributed by atoms with E-state index in [0.29, 0.717) is 17.5 Å². The second-order valence-corrected chi connectivity index (χ2v) is 6.03. The third-order valence-electron chi connectivity index (χ3n) is 3.49. The van der Waals surface area contributed by atoms with Crippen LogP contribution in [0.4, 0.5) is 5.95 Å². The molecule has 0 amide bonds. The quantitative estimate of drug-likeness (QED) is 0.723. The summed E-state index contributed by atoms with van der Waals surface area (Å²) >= 11 is 3.43. The van der Waals surface area contributed by atoms with E-state index in [4.69, 9.17) is 10.5 Å². The zero-order valence-corrected chi connectivity index (χ0v) is 14.1. The van der Waals surface area contributed by atoms with Gasteiger partial charge in [0.1, 0.15) is 10.3 Å². The molecule has 6 nitrogen and oxygen atoms in total. The second-order valence-electron chi connectivity index (χ2n) is 5.21. The number of fused-ring (bicyclic) bond motifs is 1. The number of nitrogens with zero attached hydrogens (tertiary/aromatic N) is 4. The molecule has 0 aromatic carbocycles. The number of anilines is 1. The molecule has 0 radical (unpaired) electrons. The Morgan fingerprint density at radius 2 is 2.05 bits per heavy atom. The van der Waals surface area contributed by atoms with Gasteiger partial charge in [-0.1, -0.05) is 0 Å². The van der Waals surface area contributed by atoms with E-state index in [9.17, 15) is 0 Å². The first kappa shape index (κ1) is 14.8. The van der Waals surface area contributed by atoms with Gasteiger partial charge in [-0.2, -0.15) is 0 Å². The molecule has 3 heterocycles. The lowest BCUT2D eigenvalue weighted by atomic mass is 10.1. The fraction of sp³-hybridized carbons (Fsp3) is 0.267. The summed E-state index contributed by atoms with van der Waals surface area (Å²) in [5, 5.41) is 1.03.